The summed E-state index contributed by atoms with van der Waals surface area (Å²) in [6, 6.07) is 14.6. The number of halogens is 1. The van der Waals surface area contributed by atoms with Crippen molar-refractivity contribution in [3.8, 4) is 11.5 Å². The van der Waals surface area contributed by atoms with Crippen molar-refractivity contribution < 1.29 is 13.6 Å². The van der Waals surface area contributed by atoms with E-state index in [0.717, 1.165) is 16.7 Å². The van der Waals surface area contributed by atoms with Crippen LogP contribution in [0.2, 0.25) is 0 Å². The molecule has 0 saturated carbocycles. The lowest BCUT2D eigenvalue weighted by Gasteiger charge is -2.03. The van der Waals surface area contributed by atoms with E-state index < -0.39 is 0 Å². The molecule has 0 unspecified atom stereocenters. The first-order chi connectivity index (χ1) is 12.5. The van der Waals surface area contributed by atoms with Crippen LogP contribution in [0, 0.1) is 13.8 Å². The number of carbonyl (C=O) groups excluding carboxylic acids is 1. The zero-order valence-electron chi connectivity index (χ0n) is 14.2. The van der Waals surface area contributed by atoms with Crippen LogP contribution >= 0.6 is 15.9 Å². The predicted molar refractivity (Wildman–Crippen MR) is 103 cm³/mol. The van der Waals surface area contributed by atoms with Crippen molar-refractivity contribution in [3.63, 3.8) is 0 Å². The van der Waals surface area contributed by atoms with Gasteiger partial charge in [0.15, 0.2) is 16.0 Å². The number of benzene rings is 2. The topological polar surface area (TPSA) is 68.3 Å². The van der Waals surface area contributed by atoms with E-state index >= 15 is 0 Å². The largest absolute Gasteiger partial charge is 0.444 e. The van der Waals surface area contributed by atoms with Crippen LogP contribution in [0.25, 0.3) is 22.6 Å². The molecule has 130 valence electrons. The Morgan fingerprint density at radius 2 is 1.73 bits per heavy atom. The molecule has 1 amide bonds. The van der Waals surface area contributed by atoms with Crippen LogP contribution in [-0.4, -0.2) is 10.9 Å². The minimum absolute atomic E-state index is 0.241. The second-order valence-corrected chi connectivity index (χ2v) is 6.84. The van der Waals surface area contributed by atoms with Gasteiger partial charge >= 0.3 is 0 Å². The van der Waals surface area contributed by atoms with Gasteiger partial charge in [-0.3, -0.25) is 4.79 Å². The highest BCUT2D eigenvalue weighted by atomic mass is 79.9. The first-order valence-electron chi connectivity index (χ1n) is 8.04. The van der Waals surface area contributed by atoms with Gasteiger partial charge < -0.3 is 14.2 Å². The average molecular weight is 411 g/mol. The minimum Gasteiger partial charge on any atom is -0.444 e. The summed E-state index contributed by atoms with van der Waals surface area (Å²) in [5.41, 5.74) is 5.46. The lowest BCUT2D eigenvalue weighted by Crippen LogP contribution is -2.10. The third-order valence-electron chi connectivity index (χ3n) is 4.19. The highest BCUT2D eigenvalue weighted by Crippen LogP contribution is 2.27. The van der Waals surface area contributed by atoms with E-state index in [2.05, 4.69) is 33.2 Å². The number of fused-ring (bicyclic) bond motifs is 1. The van der Waals surface area contributed by atoms with E-state index in [4.69, 9.17) is 8.83 Å². The average Bonchev–Trinajstić information content (AvgIpc) is 3.22. The summed E-state index contributed by atoms with van der Waals surface area (Å²) in [4.78, 5) is 16.7. The Bertz CT molecular complexity index is 1070. The summed E-state index contributed by atoms with van der Waals surface area (Å²) < 4.78 is 11.6. The zero-order valence-corrected chi connectivity index (χ0v) is 15.8. The molecule has 0 aliphatic carbocycles. The highest BCUT2D eigenvalue weighted by molar-refractivity contribution is 9.10. The molecule has 2 aromatic carbocycles. The Labute approximate surface area is 158 Å². The Morgan fingerprint density at radius 1 is 1.00 bits per heavy atom. The van der Waals surface area contributed by atoms with Gasteiger partial charge in [0, 0.05) is 11.3 Å². The van der Waals surface area contributed by atoms with Crippen LogP contribution in [0.3, 0.4) is 0 Å². The number of hydrogen-bond donors (Lipinski definition) is 1. The number of aryl methyl sites for hydroxylation is 2. The zero-order chi connectivity index (χ0) is 18.3. The molecule has 0 fully saturated rings. The molecule has 0 radical (unpaired) electrons. The number of amides is 1. The number of aromatic nitrogens is 1. The number of furan rings is 1. The molecule has 2 aromatic heterocycles. The van der Waals surface area contributed by atoms with Crippen molar-refractivity contribution in [2.75, 3.05) is 5.32 Å². The molecular formula is C20H15BrN2O3. The first-order valence-corrected chi connectivity index (χ1v) is 8.84. The molecule has 2 heterocycles. The maximum atomic E-state index is 12.1. The Morgan fingerprint density at radius 3 is 2.42 bits per heavy atom. The van der Waals surface area contributed by atoms with E-state index in [0.29, 0.717) is 16.2 Å². The molecule has 0 saturated heterocycles. The minimum atomic E-state index is -0.309. The number of oxazole rings is 1. The van der Waals surface area contributed by atoms with Crippen molar-refractivity contribution in [1.29, 1.82) is 0 Å². The van der Waals surface area contributed by atoms with Gasteiger partial charge in [0.2, 0.25) is 5.89 Å². The van der Waals surface area contributed by atoms with E-state index in [1.807, 2.05) is 31.2 Å². The van der Waals surface area contributed by atoms with Crippen LogP contribution in [0.15, 0.2) is 62.0 Å². The highest BCUT2D eigenvalue weighted by Gasteiger charge is 2.12. The molecule has 0 atom stereocenters. The number of nitrogens with zero attached hydrogens (tertiary/aromatic N) is 1. The second-order valence-electron chi connectivity index (χ2n) is 6.06. The summed E-state index contributed by atoms with van der Waals surface area (Å²) in [7, 11) is 0. The summed E-state index contributed by atoms with van der Waals surface area (Å²) >= 11 is 3.18. The fraction of sp³-hybridized carbons (Fsp3) is 0.100. The van der Waals surface area contributed by atoms with Gasteiger partial charge in [0.05, 0.1) is 0 Å². The number of carbonyl (C=O) groups is 1. The van der Waals surface area contributed by atoms with Crippen LogP contribution in [0.1, 0.15) is 21.7 Å². The van der Waals surface area contributed by atoms with Gasteiger partial charge in [-0.15, -0.1) is 0 Å². The quantitative estimate of drug-likeness (QED) is 0.468. The number of hydrogen-bond acceptors (Lipinski definition) is 4. The van der Waals surface area contributed by atoms with Crippen LogP contribution < -0.4 is 5.32 Å². The molecule has 4 rings (SSSR count). The molecule has 0 aliphatic heterocycles. The van der Waals surface area contributed by atoms with Crippen molar-refractivity contribution in [1.82, 2.24) is 4.98 Å². The van der Waals surface area contributed by atoms with Crippen LogP contribution in [-0.2, 0) is 0 Å². The summed E-state index contributed by atoms with van der Waals surface area (Å²) in [5.74, 6) is 0.486. The molecule has 0 spiro atoms. The molecule has 5 nitrogen and oxygen atoms in total. The lowest BCUT2D eigenvalue weighted by molar-refractivity contribution is 0.0995. The van der Waals surface area contributed by atoms with E-state index in [1.165, 1.54) is 11.1 Å². The van der Waals surface area contributed by atoms with Gasteiger partial charge in [-0.25, -0.2) is 4.98 Å². The maximum absolute atomic E-state index is 12.1. The maximum Gasteiger partial charge on any atom is 0.291 e. The van der Waals surface area contributed by atoms with E-state index in [1.54, 1.807) is 24.3 Å². The fourth-order valence-corrected chi connectivity index (χ4v) is 2.94. The van der Waals surface area contributed by atoms with Gasteiger partial charge in [0.25, 0.3) is 5.91 Å². The van der Waals surface area contributed by atoms with E-state index in [-0.39, 0.29) is 11.7 Å². The van der Waals surface area contributed by atoms with Gasteiger partial charge in [-0.1, -0.05) is 0 Å². The van der Waals surface area contributed by atoms with Crippen LogP contribution in [0.5, 0.6) is 0 Å². The smallest absolute Gasteiger partial charge is 0.291 e. The Kier molecular flexibility index (Phi) is 4.12. The van der Waals surface area contributed by atoms with Crippen molar-refractivity contribution >= 4 is 38.6 Å². The van der Waals surface area contributed by atoms with Crippen molar-refractivity contribution in [2.24, 2.45) is 0 Å². The fourth-order valence-electron chi connectivity index (χ4n) is 2.63. The predicted octanol–water partition coefficient (Wildman–Crippen LogP) is 5.72. The summed E-state index contributed by atoms with van der Waals surface area (Å²) in [5, 5.41) is 2.79. The monoisotopic (exact) mass is 410 g/mol. The van der Waals surface area contributed by atoms with Crippen LogP contribution in [0.4, 0.5) is 5.69 Å². The van der Waals surface area contributed by atoms with Gasteiger partial charge in [-0.2, -0.15) is 0 Å². The van der Waals surface area contributed by atoms with E-state index in [9.17, 15) is 4.79 Å². The normalized spacial score (nSPS) is 11.0. The summed E-state index contributed by atoms with van der Waals surface area (Å²) in [6.07, 6.45) is 0. The van der Waals surface area contributed by atoms with Crippen molar-refractivity contribution in [3.05, 3.63) is 70.1 Å². The second kappa shape index (κ2) is 6.46. The number of anilines is 1. The molecule has 0 aliphatic rings. The van der Waals surface area contributed by atoms with Crippen molar-refractivity contribution in [2.45, 2.75) is 13.8 Å². The number of rotatable bonds is 3. The standard InChI is InChI=1S/C20H15BrN2O3/c1-11-9-15-17(10-12(11)2)26-20(23-15)13-3-5-14(6-4-13)22-19(24)16-7-8-18(21)25-16/h3-10H,1-2H3,(H,22,24). The first kappa shape index (κ1) is 16.6. The SMILES string of the molecule is Cc1cc2nc(-c3ccc(NC(=O)c4ccc(Br)o4)cc3)oc2cc1C. The third-order valence-corrected chi connectivity index (χ3v) is 4.62. The molecule has 1 N–H and O–H groups in total. The Hall–Kier alpha value is -2.86. The lowest BCUT2D eigenvalue weighted by atomic mass is 10.1. The molecule has 0 bridgehead atoms. The number of nitrogens with one attached hydrogen (secondary N) is 1. The molecule has 4 aromatic rings. The molecular weight excluding hydrogens is 396 g/mol. The molecule has 6 heteroatoms. The van der Waals surface area contributed by atoms with Gasteiger partial charge in [0.1, 0.15) is 5.52 Å². The molecule has 26 heavy (non-hydrogen) atoms. The van der Waals surface area contributed by atoms with Gasteiger partial charge in [-0.05, 0) is 89.4 Å². The summed E-state index contributed by atoms with van der Waals surface area (Å²) in [6.45, 7) is 4.10. The third kappa shape index (κ3) is 3.15. The Balaban J connectivity index is 1.57.